The summed E-state index contributed by atoms with van der Waals surface area (Å²) < 4.78 is 1.74. The van der Waals surface area contributed by atoms with Crippen molar-refractivity contribution in [3.05, 3.63) is 27.9 Å². The van der Waals surface area contributed by atoms with Crippen LogP contribution in [0.2, 0.25) is 0 Å². The maximum Gasteiger partial charge on any atom is 0.253 e. The molecule has 16 heavy (non-hydrogen) atoms. The molecule has 90 valence electrons. The first kappa shape index (κ1) is 12.9. The minimum atomic E-state index is 0.0497. The van der Waals surface area contributed by atoms with E-state index in [0.717, 1.165) is 31.0 Å². The molecule has 1 atom stereocenters. The number of hydrogen-bond donors (Lipinski definition) is 1. The highest BCUT2D eigenvalue weighted by atomic mass is 16.1. The van der Waals surface area contributed by atoms with Crippen LogP contribution in [0.4, 0.5) is 0 Å². The summed E-state index contributed by atoms with van der Waals surface area (Å²) in [4.78, 5) is 16.0. The third kappa shape index (κ3) is 3.45. The van der Waals surface area contributed by atoms with E-state index < -0.39 is 0 Å². The number of aromatic nitrogens is 2. The Labute approximate surface area is 96.7 Å². The lowest BCUT2D eigenvalue weighted by Gasteiger charge is -2.14. The zero-order valence-corrected chi connectivity index (χ0v) is 10.6. The van der Waals surface area contributed by atoms with Crippen LogP contribution in [0.15, 0.2) is 10.9 Å². The molecule has 0 aliphatic carbocycles. The Morgan fingerprint density at radius 3 is 2.75 bits per heavy atom. The summed E-state index contributed by atoms with van der Waals surface area (Å²) in [5.41, 5.74) is 0.840. The minimum Gasteiger partial charge on any atom is -0.314 e. The van der Waals surface area contributed by atoms with Gasteiger partial charge >= 0.3 is 0 Å². The average Bonchev–Trinajstić information content (AvgIpc) is 2.16. The first-order valence-corrected chi connectivity index (χ1v) is 5.83. The molecule has 0 saturated carbocycles. The molecule has 1 rings (SSSR count). The van der Waals surface area contributed by atoms with E-state index in [1.54, 1.807) is 10.6 Å². The fourth-order valence-corrected chi connectivity index (χ4v) is 1.81. The molecule has 1 unspecified atom stereocenters. The van der Waals surface area contributed by atoms with Crippen LogP contribution in [-0.4, -0.2) is 22.1 Å². The van der Waals surface area contributed by atoms with Crippen molar-refractivity contribution in [1.82, 2.24) is 14.9 Å². The van der Waals surface area contributed by atoms with Crippen LogP contribution in [0.25, 0.3) is 0 Å². The molecule has 0 radical (unpaired) electrons. The highest BCUT2D eigenvalue weighted by Crippen LogP contribution is 1.98. The first-order chi connectivity index (χ1) is 7.54. The van der Waals surface area contributed by atoms with Gasteiger partial charge in [0.05, 0.1) is 0 Å². The zero-order valence-electron chi connectivity index (χ0n) is 10.6. The van der Waals surface area contributed by atoms with E-state index >= 15 is 0 Å². The van der Waals surface area contributed by atoms with Crippen molar-refractivity contribution < 1.29 is 0 Å². The van der Waals surface area contributed by atoms with Gasteiger partial charge in [0, 0.05) is 24.3 Å². The van der Waals surface area contributed by atoms with Gasteiger partial charge in [-0.05, 0) is 33.7 Å². The van der Waals surface area contributed by atoms with E-state index in [1.807, 2.05) is 13.8 Å². The normalized spacial score (nSPS) is 12.8. The first-order valence-electron chi connectivity index (χ1n) is 5.83. The Hall–Kier alpha value is -1.16. The van der Waals surface area contributed by atoms with Gasteiger partial charge in [-0.3, -0.25) is 9.36 Å². The van der Waals surface area contributed by atoms with E-state index in [-0.39, 0.29) is 5.56 Å². The lowest BCUT2D eigenvalue weighted by Crippen LogP contribution is -2.30. The summed E-state index contributed by atoms with van der Waals surface area (Å²) in [6, 6.07) is 2.02. The van der Waals surface area contributed by atoms with Crippen LogP contribution >= 0.6 is 0 Å². The van der Waals surface area contributed by atoms with E-state index in [1.165, 1.54) is 0 Å². The van der Waals surface area contributed by atoms with Gasteiger partial charge in [-0.2, -0.15) is 0 Å². The molecule has 0 aliphatic rings. The average molecular weight is 223 g/mol. The quantitative estimate of drug-likeness (QED) is 0.817. The molecule has 1 aromatic heterocycles. The number of aryl methyl sites for hydroxylation is 2. The van der Waals surface area contributed by atoms with Crippen molar-refractivity contribution >= 4 is 0 Å². The van der Waals surface area contributed by atoms with Gasteiger partial charge in [0.25, 0.3) is 5.56 Å². The lowest BCUT2D eigenvalue weighted by atomic mass is 10.2. The SMILES string of the molecule is CCNC(C)CCn1c(C)nc(C)cc1=O. The van der Waals surface area contributed by atoms with Crippen molar-refractivity contribution in [3.63, 3.8) is 0 Å². The van der Waals surface area contributed by atoms with E-state index in [9.17, 15) is 4.79 Å². The summed E-state index contributed by atoms with van der Waals surface area (Å²) in [5.74, 6) is 0.800. The Kier molecular flexibility index (Phi) is 4.68. The summed E-state index contributed by atoms with van der Waals surface area (Å²) in [6.45, 7) is 9.63. The Bertz CT molecular complexity index is 398. The van der Waals surface area contributed by atoms with Gasteiger partial charge in [-0.15, -0.1) is 0 Å². The van der Waals surface area contributed by atoms with Crippen LogP contribution in [0.5, 0.6) is 0 Å². The van der Waals surface area contributed by atoms with Crippen LogP contribution in [-0.2, 0) is 6.54 Å². The molecule has 0 bridgehead atoms. The minimum absolute atomic E-state index is 0.0497. The topological polar surface area (TPSA) is 46.9 Å². The summed E-state index contributed by atoms with van der Waals surface area (Å²) in [7, 11) is 0. The van der Waals surface area contributed by atoms with Crippen LogP contribution < -0.4 is 10.9 Å². The van der Waals surface area contributed by atoms with Gasteiger partial charge in [-0.1, -0.05) is 6.92 Å². The molecular weight excluding hydrogens is 202 g/mol. The fraction of sp³-hybridized carbons (Fsp3) is 0.667. The predicted molar refractivity (Wildman–Crippen MR) is 65.7 cm³/mol. The van der Waals surface area contributed by atoms with Crippen molar-refractivity contribution in [2.24, 2.45) is 0 Å². The standard InChI is InChI=1S/C12H21N3O/c1-5-13-9(2)6-7-15-11(4)14-10(3)8-12(15)16/h8-9,13H,5-7H2,1-4H3. The smallest absolute Gasteiger partial charge is 0.253 e. The molecule has 1 N–H and O–H groups in total. The Morgan fingerprint density at radius 1 is 1.50 bits per heavy atom. The molecule has 0 saturated heterocycles. The predicted octanol–water partition coefficient (Wildman–Crippen LogP) is 1.25. The molecule has 0 amide bonds. The van der Waals surface area contributed by atoms with Crippen molar-refractivity contribution in [1.29, 1.82) is 0 Å². The molecule has 0 aromatic carbocycles. The second-order valence-electron chi connectivity index (χ2n) is 4.18. The Morgan fingerprint density at radius 2 is 2.19 bits per heavy atom. The molecule has 0 aliphatic heterocycles. The second kappa shape index (κ2) is 5.80. The maximum absolute atomic E-state index is 11.7. The van der Waals surface area contributed by atoms with Crippen molar-refractivity contribution in [2.45, 2.75) is 46.7 Å². The fourth-order valence-electron chi connectivity index (χ4n) is 1.81. The largest absolute Gasteiger partial charge is 0.314 e. The molecule has 4 nitrogen and oxygen atoms in total. The molecular formula is C12H21N3O. The number of nitrogens with zero attached hydrogens (tertiary/aromatic N) is 2. The molecule has 1 heterocycles. The van der Waals surface area contributed by atoms with Crippen LogP contribution in [0, 0.1) is 13.8 Å². The van der Waals surface area contributed by atoms with Gasteiger partial charge < -0.3 is 5.32 Å². The van der Waals surface area contributed by atoms with Gasteiger partial charge in [0.2, 0.25) is 0 Å². The summed E-state index contributed by atoms with van der Waals surface area (Å²) >= 11 is 0. The molecule has 4 heteroatoms. The number of hydrogen-bond acceptors (Lipinski definition) is 3. The monoisotopic (exact) mass is 223 g/mol. The Balaban J connectivity index is 2.71. The second-order valence-corrected chi connectivity index (χ2v) is 4.18. The van der Waals surface area contributed by atoms with Crippen LogP contribution in [0.3, 0.4) is 0 Å². The van der Waals surface area contributed by atoms with Gasteiger partial charge in [0.15, 0.2) is 0 Å². The molecule has 1 aromatic rings. The van der Waals surface area contributed by atoms with Crippen molar-refractivity contribution in [2.75, 3.05) is 6.54 Å². The van der Waals surface area contributed by atoms with Crippen molar-refractivity contribution in [3.8, 4) is 0 Å². The maximum atomic E-state index is 11.7. The van der Waals surface area contributed by atoms with E-state index in [2.05, 4.69) is 24.1 Å². The van der Waals surface area contributed by atoms with Crippen LogP contribution in [0.1, 0.15) is 31.8 Å². The highest BCUT2D eigenvalue weighted by Gasteiger charge is 2.05. The highest BCUT2D eigenvalue weighted by molar-refractivity contribution is 5.01. The number of nitrogens with one attached hydrogen (secondary N) is 1. The summed E-state index contributed by atoms with van der Waals surface area (Å²) in [5, 5.41) is 3.33. The van der Waals surface area contributed by atoms with Gasteiger partial charge in [0.1, 0.15) is 5.82 Å². The zero-order chi connectivity index (χ0) is 12.1. The third-order valence-corrected chi connectivity index (χ3v) is 2.67. The molecule has 0 spiro atoms. The van der Waals surface area contributed by atoms with E-state index in [4.69, 9.17) is 0 Å². The molecule has 0 fully saturated rings. The lowest BCUT2D eigenvalue weighted by molar-refractivity contribution is 0.473. The number of rotatable bonds is 5. The third-order valence-electron chi connectivity index (χ3n) is 2.67. The summed E-state index contributed by atoms with van der Waals surface area (Å²) in [6.07, 6.45) is 0.944. The van der Waals surface area contributed by atoms with E-state index in [0.29, 0.717) is 6.04 Å². The van der Waals surface area contributed by atoms with Gasteiger partial charge in [-0.25, -0.2) is 4.98 Å².